The van der Waals surface area contributed by atoms with Crippen LogP contribution in [0.25, 0.3) is 0 Å². The molecule has 1 saturated heterocycles. The summed E-state index contributed by atoms with van der Waals surface area (Å²) < 4.78 is 0. The van der Waals surface area contributed by atoms with Crippen LogP contribution in [0.15, 0.2) is 42.7 Å². The van der Waals surface area contributed by atoms with Crippen LogP contribution in [-0.4, -0.2) is 33.1 Å². The van der Waals surface area contributed by atoms with Crippen molar-refractivity contribution in [2.45, 2.75) is 31.9 Å². The van der Waals surface area contributed by atoms with E-state index in [-0.39, 0.29) is 0 Å². The molecule has 0 radical (unpaired) electrons. The van der Waals surface area contributed by atoms with E-state index in [1.54, 1.807) is 12.4 Å². The summed E-state index contributed by atoms with van der Waals surface area (Å²) in [5.74, 6) is 0.740. The zero-order chi connectivity index (χ0) is 14.7. The van der Waals surface area contributed by atoms with Gasteiger partial charge >= 0.3 is 0 Å². The zero-order valence-electron chi connectivity index (χ0n) is 12.4. The Labute approximate surface area is 125 Å². The third kappa shape index (κ3) is 3.28. The van der Waals surface area contributed by atoms with Crippen molar-refractivity contribution in [1.29, 1.82) is 0 Å². The lowest BCUT2D eigenvalue weighted by atomic mass is 9.86. The Morgan fingerprint density at radius 1 is 1.10 bits per heavy atom. The first-order chi connectivity index (χ1) is 10.2. The molecule has 110 valence electrons. The van der Waals surface area contributed by atoms with E-state index in [2.05, 4.69) is 39.1 Å². The van der Waals surface area contributed by atoms with Gasteiger partial charge in [-0.2, -0.15) is 0 Å². The van der Waals surface area contributed by atoms with Crippen molar-refractivity contribution in [3.8, 4) is 0 Å². The van der Waals surface area contributed by atoms with E-state index < -0.39 is 5.60 Å². The highest BCUT2D eigenvalue weighted by molar-refractivity contribution is 5.18. The molecule has 0 bridgehead atoms. The summed E-state index contributed by atoms with van der Waals surface area (Å²) in [6.07, 6.45) is 4.98. The highest BCUT2D eigenvalue weighted by Gasteiger charge is 2.34. The second kappa shape index (κ2) is 5.92. The third-order valence-electron chi connectivity index (χ3n) is 4.25. The highest BCUT2D eigenvalue weighted by Crippen LogP contribution is 2.32. The van der Waals surface area contributed by atoms with Gasteiger partial charge in [0.1, 0.15) is 5.82 Å². The predicted octanol–water partition coefficient (Wildman–Crippen LogP) is 2.27. The van der Waals surface area contributed by atoms with E-state index in [1.165, 1.54) is 5.56 Å². The maximum Gasteiger partial charge on any atom is 0.125 e. The summed E-state index contributed by atoms with van der Waals surface area (Å²) in [5, 5.41) is 10.8. The number of piperidine rings is 1. The van der Waals surface area contributed by atoms with Gasteiger partial charge in [-0.25, -0.2) is 9.97 Å². The monoisotopic (exact) mass is 283 g/mol. The van der Waals surface area contributed by atoms with Gasteiger partial charge in [-0.05, 0) is 25.3 Å². The van der Waals surface area contributed by atoms with Gasteiger partial charge in [-0.3, -0.25) is 4.90 Å². The molecule has 0 atom stereocenters. The molecular weight excluding hydrogens is 262 g/mol. The maximum absolute atomic E-state index is 10.8. The summed E-state index contributed by atoms with van der Waals surface area (Å²) in [4.78, 5) is 10.8. The van der Waals surface area contributed by atoms with Crippen LogP contribution in [0.5, 0.6) is 0 Å². The number of benzene rings is 1. The fourth-order valence-corrected chi connectivity index (χ4v) is 2.84. The molecule has 0 unspecified atom stereocenters. The standard InChI is InChI=1S/C17H21N3O/c1-14-18-11-16(12-19-14)17(21)7-9-20(10-8-17)13-15-5-3-2-4-6-15/h2-6,11-12,21H,7-10,13H2,1H3. The van der Waals surface area contributed by atoms with Crippen LogP contribution in [0, 0.1) is 6.92 Å². The Balaban J connectivity index is 1.63. The summed E-state index contributed by atoms with van der Waals surface area (Å²) in [6.45, 7) is 4.58. The van der Waals surface area contributed by atoms with E-state index in [1.807, 2.05) is 13.0 Å². The van der Waals surface area contributed by atoms with Gasteiger partial charge in [0.25, 0.3) is 0 Å². The summed E-state index contributed by atoms with van der Waals surface area (Å²) in [7, 11) is 0. The molecule has 4 heteroatoms. The Morgan fingerprint density at radius 3 is 2.33 bits per heavy atom. The second-order valence-electron chi connectivity index (χ2n) is 5.81. The predicted molar refractivity (Wildman–Crippen MR) is 81.6 cm³/mol. The van der Waals surface area contributed by atoms with Crippen LogP contribution < -0.4 is 0 Å². The van der Waals surface area contributed by atoms with Gasteiger partial charge in [0, 0.05) is 37.6 Å². The first kappa shape index (κ1) is 14.2. The molecule has 0 aliphatic carbocycles. The van der Waals surface area contributed by atoms with Crippen LogP contribution in [-0.2, 0) is 12.1 Å². The van der Waals surface area contributed by atoms with Crippen LogP contribution in [0.2, 0.25) is 0 Å². The quantitative estimate of drug-likeness (QED) is 0.939. The Hall–Kier alpha value is -1.78. The van der Waals surface area contributed by atoms with Gasteiger partial charge in [-0.15, -0.1) is 0 Å². The van der Waals surface area contributed by atoms with E-state index in [9.17, 15) is 5.11 Å². The van der Waals surface area contributed by atoms with Crippen molar-refractivity contribution >= 4 is 0 Å². The van der Waals surface area contributed by atoms with Crippen molar-refractivity contribution in [2.75, 3.05) is 13.1 Å². The van der Waals surface area contributed by atoms with E-state index in [0.717, 1.165) is 43.9 Å². The molecule has 4 nitrogen and oxygen atoms in total. The smallest absolute Gasteiger partial charge is 0.125 e. The van der Waals surface area contributed by atoms with Crippen molar-refractivity contribution in [3.63, 3.8) is 0 Å². The van der Waals surface area contributed by atoms with Crippen molar-refractivity contribution < 1.29 is 5.11 Å². The lowest BCUT2D eigenvalue weighted by Gasteiger charge is -2.38. The Kier molecular flexibility index (Phi) is 3.99. The minimum atomic E-state index is -0.777. The van der Waals surface area contributed by atoms with Crippen LogP contribution in [0.1, 0.15) is 29.8 Å². The van der Waals surface area contributed by atoms with E-state index in [4.69, 9.17) is 0 Å². The highest BCUT2D eigenvalue weighted by atomic mass is 16.3. The number of aliphatic hydroxyl groups is 1. The molecule has 2 aromatic rings. The zero-order valence-corrected chi connectivity index (χ0v) is 12.4. The largest absolute Gasteiger partial charge is 0.385 e. The number of rotatable bonds is 3. The molecule has 0 amide bonds. The fourth-order valence-electron chi connectivity index (χ4n) is 2.84. The van der Waals surface area contributed by atoms with Gasteiger partial charge in [-0.1, -0.05) is 30.3 Å². The number of likely N-dealkylation sites (tertiary alicyclic amines) is 1. The molecule has 3 rings (SSSR count). The number of hydrogen-bond donors (Lipinski definition) is 1. The molecular formula is C17H21N3O. The lowest BCUT2D eigenvalue weighted by molar-refractivity contribution is -0.0282. The first-order valence-corrected chi connectivity index (χ1v) is 7.43. The first-order valence-electron chi connectivity index (χ1n) is 7.43. The number of aryl methyl sites for hydroxylation is 1. The number of hydrogen-bond acceptors (Lipinski definition) is 4. The fraction of sp³-hybridized carbons (Fsp3) is 0.412. The summed E-state index contributed by atoms with van der Waals surface area (Å²) in [6, 6.07) is 10.5. The number of aromatic nitrogens is 2. The molecule has 0 saturated carbocycles. The average Bonchev–Trinajstić information content (AvgIpc) is 2.51. The second-order valence-corrected chi connectivity index (χ2v) is 5.81. The average molecular weight is 283 g/mol. The summed E-state index contributed by atoms with van der Waals surface area (Å²) >= 11 is 0. The lowest BCUT2D eigenvalue weighted by Crippen LogP contribution is -2.42. The van der Waals surface area contributed by atoms with Gasteiger partial charge in [0.2, 0.25) is 0 Å². The van der Waals surface area contributed by atoms with Crippen molar-refractivity contribution in [1.82, 2.24) is 14.9 Å². The molecule has 1 aromatic heterocycles. The number of nitrogens with zero attached hydrogens (tertiary/aromatic N) is 3. The normalized spacial score (nSPS) is 18.6. The third-order valence-corrected chi connectivity index (χ3v) is 4.25. The van der Waals surface area contributed by atoms with Gasteiger partial charge in [0.15, 0.2) is 0 Å². The Morgan fingerprint density at radius 2 is 1.71 bits per heavy atom. The molecule has 0 spiro atoms. The molecule has 21 heavy (non-hydrogen) atoms. The van der Waals surface area contributed by atoms with Gasteiger partial charge < -0.3 is 5.11 Å². The van der Waals surface area contributed by atoms with E-state index in [0.29, 0.717) is 0 Å². The minimum Gasteiger partial charge on any atom is -0.385 e. The topological polar surface area (TPSA) is 49.3 Å². The van der Waals surface area contributed by atoms with Crippen LogP contribution in [0.3, 0.4) is 0 Å². The molecule has 1 N–H and O–H groups in total. The van der Waals surface area contributed by atoms with Crippen LogP contribution in [0.4, 0.5) is 0 Å². The maximum atomic E-state index is 10.8. The molecule has 1 aliphatic rings. The van der Waals surface area contributed by atoms with Crippen molar-refractivity contribution in [2.24, 2.45) is 0 Å². The van der Waals surface area contributed by atoms with Crippen LogP contribution >= 0.6 is 0 Å². The molecule has 2 heterocycles. The minimum absolute atomic E-state index is 0.728. The molecule has 1 fully saturated rings. The van der Waals surface area contributed by atoms with E-state index >= 15 is 0 Å². The Bertz CT molecular complexity index is 575. The summed E-state index contributed by atoms with van der Waals surface area (Å²) in [5.41, 5.74) is 1.38. The van der Waals surface area contributed by atoms with Crippen molar-refractivity contribution in [3.05, 3.63) is 59.7 Å². The van der Waals surface area contributed by atoms with Gasteiger partial charge in [0.05, 0.1) is 5.60 Å². The molecule has 1 aromatic carbocycles. The molecule has 1 aliphatic heterocycles. The SMILES string of the molecule is Cc1ncc(C2(O)CCN(Cc3ccccc3)CC2)cn1.